The summed E-state index contributed by atoms with van der Waals surface area (Å²) in [5.41, 5.74) is -0.376. The molecular weight excluding hydrogens is 260 g/mol. The van der Waals surface area contributed by atoms with Crippen molar-refractivity contribution in [3.8, 4) is 0 Å². The number of nitrogens with zero attached hydrogens (tertiary/aromatic N) is 4. The van der Waals surface area contributed by atoms with Crippen LogP contribution in [0.15, 0.2) is 15.9 Å². The van der Waals surface area contributed by atoms with E-state index >= 15 is 0 Å². The van der Waals surface area contributed by atoms with E-state index in [4.69, 9.17) is 0 Å². The molecule has 0 aliphatic rings. The van der Waals surface area contributed by atoms with E-state index < -0.39 is 17.5 Å². The van der Waals surface area contributed by atoms with Gasteiger partial charge in [0.25, 0.3) is 5.56 Å². The van der Waals surface area contributed by atoms with Crippen LogP contribution in [-0.4, -0.2) is 23.8 Å². The van der Waals surface area contributed by atoms with E-state index in [0.29, 0.717) is 17.6 Å². The van der Waals surface area contributed by atoms with Gasteiger partial charge in [0.15, 0.2) is 11.2 Å². The van der Waals surface area contributed by atoms with Gasteiger partial charge in [-0.15, -0.1) is 0 Å². The molecule has 1 atom stereocenters. The van der Waals surface area contributed by atoms with Crippen LogP contribution in [0.2, 0.25) is 0 Å². The fourth-order valence-corrected chi connectivity index (χ4v) is 2.33. The second-order valence-electron chi connectivity index (χ2n) is 5.02. The SMILES string of the molecule is CCCCCC(O)n1c(=O)c2c(ncn2C)n(C)c1=O. The molecule has 0 aliphatic carbocycles. The zero-order valence-corrected chi connectivity index (χ0v) is 12.0. The molecule has 2 heterocycles. The topological polar surface area (TPSA) is 82.1 Å². The number of aromatic nitrogens is 4. The predicted octanol–water partition coefficient (Wildman–Crippen LogP) is 0.505. The van der Waals surface area contributed by atoms with Gasteiger partial charge in [0, 0.05) is 14.1 Å². The van der Waals surface area contributed by atoms with Gasteiger partial charge in [-0.2, -0.15) is 0 Å². The number of imidazole rings is 1. The number of aryl methyl sites for hydroxylation is 2. The van der Waals surface area contributed by atoms with Crippen molar-refractivity contribution in [2.24, 2.45) is 14.1 Å². The lowest BCUT2D eigenvalue weighted by molar-refractivity contribution is 0.0825. The summed E-state index contributed by atoms with van der Waals surface area (Å²) in [5.74, 6) is 0. The summed E-state index contributed by atoms with van der Waals surface area (Å²) < 4.78 is 3.77. The first-order valence-electron chi connectivity index (χ1n) is 6.79. The normalized spacial score (nSPS) is 13.0. The third-order valence-corrected chi connectivity index (χ3v) is 3.51. The summed E-state index contributed by atoms with van der Waals surface area (Å²) in [4.78, 5) is 28.6. The van der Waals surface area contributed by atoms with Crippen LogP contribution in [0, 0.1) is 0 Å². The summed E-state index contributed by atoms with van der Waals surface area (Å²) in [7, 11) is 3.24. The Labute approximate surface area is 116 Å². The van der Waals surface area contributed by atoms with Gasteiger partial charge < -0.3 is 9.67 Å². The Hall–Kier alpha value is -1.89. The molecule has 0 saturated heterocycles. The van der Waals surface area contributed by atoms with Gasteiger partial charge >= 0.3 is 5.69 Å². The fraction of sp³-hybridized carbons (Fsp3) is 0.615. The molecule has 110 valence electrons. The third kappa shape index (κ3) is 2.29. The molecule has 0 amide bonds. The Bertz CT molecular complexity index is 726. The molecule has 1 N–H and O–H groups in total. The van der Waals surface area contributed by atoms with E-state index in [9.17, 15) is 14.7 Å². The number of hydrogen-bond donors (Lipinski definition) is 1. The summed E-state index contributed by atoms with van der Waals surface area (Å²) >= 11 is 0. The highest BCUT2D eigenvalue weighted by molar-refractivity contribution is 5.69. The molecular formula is C13H20N4O3. The number of fused-ring (bicyclic) bond motifs is 1. The Kier molecular flexibility index (Phi) is 4.08. The predicted molar refractivity (Wildman–Crippen MR) is 75.6 cm³/mol. The van der Waals surface area contributed by atoms with Crippen molar-refractivity contribution in [1.82, 2.24) is 18.7 Å². The van der Waals surface area contributed by atoms with Crippen LogP contribution in [0.25, 0.3) is 11.2 Å². The van der Waals surface area contributed by atoms with Gasteiger partial charge in [0.1, 0.15) is 6.23 Å². The van der Waals surface area contributed by atoms with Crippen LogP contribution in [0.1, 0.15) is 38.8 Å². The Morgan fingerprint density at radius 3 is 2.65 bits per heavy atom. The Morgan fingerprint density at radius 2 is 2.00 bits per heavy atom. The van der Waals surface area contributed by atoms with Gasteiger partial charge in [0.2, 0.25) is 0 Å². The molecule has 2 aromatic heterocycles. The van der Waals surface area contributed by atoms with Crippen molar-refractivity contribution in [3.63, 3.8) is 0 Å². The Morgan fingerprint density at radius 1 is 1.30 bits per heavy atom. The van der Waals surface area contributed by atoms with Gasteiger partial charge in [-0.3, -0.25) is 9.36 Å². The van der Waals surface area contributed by atoms with Crippen LogP contribution in [0.5, 0.6) is 0 Å². The van der Waals surface area contributed by atoms with Crippen molar-refractivity contribution in [3.05, 3.63) is 27.2 Å². The van der Waals surface area contributed by atoms with Crippen molar-refractivity contribution < 1.29 is 5.11 Å². The standard InChI is InChI=1S/C13H20N4O3/c1-4-5-6-7-9(18)17-12(19)10-11(14-8-15(10)2)16(3)13(17)20/h8-9,18H,4-7H2,1-3H3. The van der Waals surface area contributed by atoms with Crippen LogP contribution >= 0.6 is 0 Å². The van der Waals surface area contributed by atoms with Crippen molar-refractivity contribution in [1.29, 1.82) is 0 Å². The van der Waals surface area contributed by atoms with Crippen molar-refractivity contribution in [2.75, 3.05) is 0 Å². The number of unbranched alkanes of at least 4 members (excludes halogenated alkanes) is 2. The average Bonchev–Trinajstić information content (AvgIpc) is 2.79. The van der Waals surface area contributed by atoms with Gasteiger partial charge in [-0.25, -0.2) is 14.3 Å². The third-order valence-electron chi connectivity index (χ3n) is 3.51. The van der Waals surface area contributed by atoms with Gasteiger partial charge in [-0.1, -0.05) is 19.8 Å². The Balaban J connectivity index is 2.56. The lowest BCUT2D eigenvalue weighted by atomic mass is 10.2. The summed E-state index contributed by atoms with van der Waals surface area (Å²) in [6.07, 6.45) is 3.54. The second-order valence-corrected chi connectivity index (χ2v) is 5.02. The largest absolute Gasteiger partial charge is 0.373 e. The summed E-state index contributed by atoms with van der Waals surface area (Å²) in [5, 5.41) is 10.1. The van der Waals surface area contributed by atoms with Crippen LogP contribution in [0.3, 0.4) is 0 Å². The maximum Gasteiger partial charge on any atom is 0.334 e. The van der Waals surface area contributed by atoms with Crippen LogP contribution < -0.4 is 11.2 Å². The molecule has 1 unspecified atom stereocenters. The monoisotopic (exact) mass is 280 g/mol. The lowest BCUT2D eigenvalue weighted by Gasteiger charge is -2.14. The average molecular weight is 280 g/mol. The van der Waals surface area contributed by atoms with E-state index in [1.807, 2.05) is 0 Å². The quantitative estimate of drug-likeness (QED) is 0.809. The zero-order valence-electron chi connectivity index (χ0n) is 12.0. The molecule has 0 aliphatic heterocycles. The molecule has 0 aromatic carbocycles. The zero-order chi connectivity index (χ0) is 14.9. The lowest BCUT2D eigenvalue weighted by Crippen LogP contribution is -2.42. The highest BCUT2D eigenvalue weighted by atomic mass is 16.3. The maximum atomic E-state index is 12.4. The van der Waals surface area contributed by atoms with Crippen LogP contribution in [-0.2, 0) is 14.1 Å². The molecule has 0 fully saturated rings. The highest BCUT2D eigenvalue weighted by Gasteiger charge is 2.19. The van der Waals surface area contributed by atoms with Gasteiger partial charge in [0.05, 0.1) is 6.33 Å². The van der Waals surface area contributed by atoms with Gasteiger partial charge in [-0.05, 0) is 12.8 Å². The molecule has 20 heavy (non-hydrogen) atoms. The minimum Gasteiger partial charge on any atom is -0.373 e. The fourth-order valence-electron chi connectivity index (χ4n) is 2.33. The number of aliphatic hydroxyl groups is 1. The van der Waals surface area contributed by atoms with E-state index in [0.717, 1.165) is 23.8 Å². The first-order chi connectivity index (χ1) is 9.49. The van der Waals surface area contributed by atoms with E-state index in [-0.39, 0.29) is 0 Å². The maximum absolute atomic E-state index is 12.4. The number of rotatable bonds is 5. The van der Waals surface area contributed by atoms with E-state index in [1.54, 1.807) is 18.7 Å². The second kappa shape index (κ2) is 5.62. The van der Waals surface area contributed by atoms with Crippen molar-refractivity contribution >= 4 is 11.2 Å². The molecule has 0 saturated carbocycles. The van der Waals surface area contributed by atoms with Crippen molar-refractivity contribution in [2.45, 2.75) is 38.8 Å². The molecule has 7 heteroatoms. The summed E-state index contributed by atoms with van der Waals surface area (Å²) in [6.45, 7) is 2.05. The smallest absolute Gasteiger partial charge is 0.334 e. The minimum absolute atomic E-state index is 0.321. The molecule has 0 spiro atoms. The first-order valence-corrected chi connectivity index (χ1v) is 6.79. The number of hydrogen-bond acceptors (Lipinski definition) is 4. The molecule has 0 radical (unpaired) electrons. The molecule has 2 rings (SSSR count). The highest BCUT2D eigenvalue weighted by Crippen LogP contribution is 2.11. The van der Waals surface area contributed by atoms with E-state index in [2.05, 4.69) is 11.9 Å². The molecule has 7 nitrogen and oxygen atoms in total. The molecule has 0 bridgehead atoms. The first kappa shape index (κ1) is 14.5. The van der Waals surface area contributed by atoms with Crippen LogP contribution in [0.4, 0.5) is 0 Å². The minimum atomic E-state index is -1.09. The molecule has 2 aromatic rings. The number of aliphatic hydroxyl groups excluding tert-OH is 1. The summed E-state index contributed by atoms with van der Waals surface area (Å²) in [6, 6.07) is 0. The van der Waals surface area contributed by atoms with E-state index in [1.165, 1.54) is 10.9 Å².